The van der Waals surface area contributed by atoms with Crippen molar-refractivity contribution in [3.63, 3.8) is 0 Å². The zero-order valence-corrected chi connectivity index (χ0v) is 23.3. The Labute approximate surface area is 226 Å². The SMILES string of the molecule is CSc1nc(Cl)cc(C2(S(=O)(=NC(=O)c3ccccc3)c3ccccc3)CN(C(=O)OC(C)(C)C)C2)n1. The van der Waals surface area contributed by atoms with E-state index in [4.69, 9.17) is 16.3 Å². The summed E-state index contributed by atoms with van der Waals surface area (Å²) in [6, 6.07) is 18.6. The highest BCUT2D eigenvalue weighted by atomic mass is 35.5. The van der Waals surface area contributed by atoms with Crippen molar-refractivity contribution in [2.24, 2.45) is 4.36 Å². The number of amides is 2. The Hall–Kier alpha value is -2.95. The first kappa shape index (κ1) is 27.1. The molecule has 11 heteroatoms. The van der Waals surface area contributed by atoms with Crippen molar-refractivity contribution in [2.45, 2.75) is 41.2 Å². The van der Waals surface area contributed by atoms with Crippen LogP contribution in [-0.2, 0) is 19.2 Å². The van der Waals surface area contributed by atoms with E-state index in [0.29, 0.717) is 21.3 Å². The normalized spacial score (nSPS) is 16.3. The fraction of sp³-hybridized carbons (Fsp3) is 0.308. The average Bonchev–Trinajstić information content (AvgIpc) is 2.83. The smallest absolute Gasteiger partial charge is 0.410 e. The molecule has 1 fully saturated rings. The molecule has 1 aromatic heterocycles. The monoisotopic (exact) mass is 558 g/mol. The zero-order valence-electron chi connectivity index (χ0n) is 20.9. The van der Waals surface area contributed by atoms with Crippen LogP contribution in [0.2, 0.25) is 5.15 Å². The molecular formula is C26H27ClN4O4S2. The van der Waals surface area contributed by atoms with Gasteiger partial charge in [0.2, 0.25) is 0 Å². The number of hydrogen-bond acceptors (Lipinski definition) is 7. The molecular weight excluding hydrogens is 532 g/mol. The van der Waals surface area contributed by atoms with Crippen LogP contribution in [0, 0.1) is 0 Å². The number of likely N-dealkylation sites (tertiary alicyclic amines) is 1. The number of nitrogens with zero attached hydrogens (tertiary/aromatic N) is 4. The molecule has 2 heterocycles. The summed E-state index contributed by atoms with van der Waals surface area (Å²) in [5, 5.41) is 0.537. The minimum atomic E-state index is -3.56. The van der Waals surface area contributed by atoms with Crippen molar-refractivity contribution in [1.29, 1.82) is 0 Å². The van der Waals surface area contributed by atoms with Crippen LogP contribution in [0.4, 0.5) is 4.79 Å². The first-order valence-electron chi connectivity index (χ1n) is 11.5. The van der Waals surface area contributed by atoms with Crippen LogP contribution in [0.3, 0.4) is 0 Å². The van der Waals surface area contributed by atoms with Crippen LogP contribution in [0.1, 0.15) is 36.8 Å². The number of carbonyl (C=O) groups excluding carboxylic acids is 2. The molecule has 3 aromatic rings. The van der Waals surface area contributed by atoms with Gasteiger partial charge in [0.25, 0.3) is 5.91 Å². The maximum Gasteiger partial charge on any atom is 0.410 e. The van der Waals surface area contributed by atoms with Crippen molar-refractivity contribution in [3.8, 4) is 0 Å². The molecule has 1 atom stereocenters. The second-order valence-electron chi connectivity index (χ2n) is 9.49. The Balaban J connectivity index is 1.93. The number of hydrogen-bond donors (Lipinski definition) is 0. The van der Waals surface area contributed by atoms with Crippen molar-refractivity contribution in [2.75, 3.05) is 19.3 Å². The Morgan fingerprint density at radius 3 is 2.22 bits per heavy atom. The topological polar surface area (TPSA) is 102 Å². The summed E-state index contributed by atoms with van der Waals surface area (Å²) < 4.78 is 23.7. The predicted octanol–water partition coefficient (Wildman–Crippen LogP) is 5.67. The maximum atomic E-state index is 15.2. The molecule has 0 N–H and O–H groups in total. The summed E-state index contributed by atoms with van der Waals surface area (Å²) in [7, 11) is -3.56. The second kappa shape index (κ2) is 10.4. The van der Waals surface area contributed by atoms with Gasteiger partial charge in [0.1, 0.15) is 15.5 Å². The Bertz CT molecular complexity index is 1430. The molecule has 0 aliphatic carbocycles. The summed E-state index contributed by atoms with van der Waals surface area (Å²) >= 11 is 7.62. The van der Waals surface area contributed by atoms with Gasteiger partial charge in [0.05, 0.1) is 15.4 Å². The van der Waals surface area contributed by atoms with Crippen molar-refractivity contribution in [1.82, 2.24) is 14.9 Å². The van der Waals surface area contributed by atoms with Gasteiger partial charge < -0.3 is 9.64 Å². The van der Waals surface area contributed by atoms with Crippen LogP contribution in [0.25, 0.3) is 0 Å². The number of aromatic nitrogens is 2. The van der Waals surface area contributed by atoms with E-state index in [0.717, 1.165) is 0 Å². The van der Waals surface area contributed by atoms with Crippen LogP contribution in [0.5, 0.6) is 0 Å². The highest BCUT2D eigenvalue weighted by Crippen LogP contribution is 2.45. The predicted molar refractivity (Wildman–Crippen MR) is 144 cm³/mol. The summed E-state index contributed by atoms with van der Waals surface area (Å²) in [5.41, 5.74) is -0.0704. The van der Waals surface area contributed by atoms with Gasteiger partial charge in [-0.2, -0.15) is 4.36 Å². The lowest BCUT2D eigenvalue weighted by atomic mass is 9.95. The van der Waals surface area contributed by atoms with E-state index >= 15 is 4.21 Å². The Morgan fingerprint density at radius 2 is 1.65 bits per heavy atom. The van der Waals surface area contributed by atoms with Gasteiger partial charge in [-0.1, -0.05) is 59.8 Å². The number of rotatable bonds is 5. The molecule has 2 aromatic carbocycles. The van der Waals surface area contributed by atoms with Crippen LogP contribution >= 0.6 is 23.4 Å². The third kappa shape index (κ3) is 5.51. The van der Waals surface area contributed by atoms with E-state index in [9.17, 15) is 9.59 Å². The van der Waals surface area contributed by atoms with Gasteiger partial charge in [0, 0.05) is 23.5 Å². The molecule has 0 saturated carbocycles. The molecule has 1 unspecified atom stereocenters. The molecule has 8 nitrogen and oxygen atoms in total. The first-order chi connectivity index (χ1) is 17.5. The number of halogens is 1. The summed E-state index contributed by atoms with van der Waals surface area (Å²) in [4.78, 5) is 36.9. The third-order valence-corrected chi connectivity index (χ3v) is 9.29. The molecule has 37 heavy (non-hydrogen) atoms. The van der Waals surface area contributed by atoms with E-state index in [2.05, 4.69) is 14.3 Å². The van der Waals surface area contributed by atoms with Gasteiger partial charge in [-0.15, -0.1) is 0 Å². The maximum absolute atomic E-state index is 15.2. The van der Waals surface area contributed by atoms with E-state index in [1.807, 2.05) is 0 Å². The number of benzene rings is 2. The van der Waals surface area contributed by atoms with Crippen molar-refractivity contribution < 1.29 is 18.5 Å². The van der Waals surface area contributed by atoms with Crippen LogP contribution in [-0.4, -0.2) is 56.0 Å². The van der Waals surface area contributed by atoms with Gasteiger partial charge in [-0.05, 0) is 57.4 Å². The lowest BCUT2D eigenvalue weighted by Crippen LogP contribution is -2.65. The molecule has 0 bridgehead atoms. The molecule has 4 rings (SSSR count). The summed E-state index contributed by atoms with van der Waals surface area (Å²) in [6.45, 7) is 5.24. The Kier molecular flexibility index (Phi) is 7.64. The molecule has 0 radical (unpaired) electrons. The molecule has 1 aliphatic rings. The average molecular weight is 559 g/mol. The quantitative estimate of drug-likeness (QED) is 0.226. The minimum absolute atomic E-state index is 0.0393. The highest BCUT2D eigenvalue weighted by Gasteiger charge is 2.57. The number of ether oxygens (including phenoxy) is 1. The summed E-state index contributed by atoms with van der Waals surface area (Å²) in [6.07, 6.45) is 1.24. The molecule has 2 amide bonds. The fourth-order valence-electron chi connectivity index (χ4n) is 3.95. The van der Waals surface area contributed by atoms with Gasteiger partial charge >= 0.3 is 6.09 Å². The lowest BCUT2D eigenvalue weighted by Gasteiger charge is -2.50. The number of carbonyl (C=O) groups is 2. The largest absolute Gasteiger partial charge is 0.444 e. The van der Waals surface area contributed by atoms with Gasteiger partial charge in [-0.3, -0.25) is 4.79 Å². The molecule has 0 spiro atoms. The summed E-state index contributed by atoms with van der Waals surface area (Å²) in [5.74, 6) is -0.630. The zero-order chi connectivity index (χ0) is 26.8. The molecule has 194 valence electrons. The highest BCUT2D eigenvalue weighted by molar-refractivity contribution is 7.98. The first-order valence-corrected chi connectivity index (χ1v) is 14.6. The third-order valence-electron chi connectivity index (χ3n) is 5.69. The molecule has 1 saturated heterocycles. The van der Waals surface area contributed by atoms with Crippen LogP contribution in [0.15, 0.2) is 81.1 Å². The van der Waals surface area contributed by atoms with Crippen LogP contribution < -0.4 is 0 Å². The van der Waals surface area contributed by atoms with E-state index < -0.39 is 32.1 Å². The second-order valence-corrected chi connectivity index (χ2v) is 13.1. The van der Waals surface area contributed by atoms with E-state index in [-0.39, 0.29) is 18.2 Å². The lowest BCUT2D eigenvalue weighted by molar-refractivity contribution is 0.00293. The minimum Gasteiger partial charge on any atom is -0.444 e. The fourth-order valence-corrected chi connectivity index (χ4v) is 7.21. The van der Waals surface area contributed by atoms with Gasteiger partial charge in [0.15, 0.2) is 5.16 Å². The number of thioether (sulfide) groups is 1. The van der Waals surface area contributed by atoms with Crippen molar-refractivity contribution >= 4 is 45.1 Å². The standard InChI is InChI=1S/C26H27ClN4O4S2/c1-25(2,3)35-24(33)31-16-26(17-31,20-15-21(27)29-23(28-20)36-4)37(34,19-13-9-6-10-14-19)30-22(32)18-11-7-5-8-12-18/h5-15H,16-17H2,1-4H3. The van der Waals surface area contributed by atoms with Gasteiger partial charge in [-0.25, -0.2) is 19.0 Å². The molecule has 1 aliphatic heterocycles. The van der Waals surface area contributed by atoms with Crippen molar-refractivity contribution in [3.05, 3.63) is 83.1 Å². The van der Waals surface area contributed by atoms with E-state index in [1.165, 1.54) is 22.7 Å². The van der Waals surface area contributed by atoms with E-state index in [1.54, 1.807) is 87.7 Å². The Morgan fingerprint density at radius 1 is 1.05 bits per heavy atom.